The first kappa shape index (κ1) is 17.7. The minimum Gasteiger partial charge on any atom is -0.390 e. The smallest absolute Gasteiger partial charge is 0.390 e. The Morgan fingerprint density at radius 3 is 2.62 bits per heavy atom. The van der Waals surface area contributed by atoms with Crippen molar-refractivity contribution in [3.63, 3.8) is 0 Å². The zero-order valence-electron chi connectivity index (χ0n) is 11.7. The lowest BCUT2D eigenvalue weighted by atomic mass is 10.1. The van der Waals surface area contributed by atoms with Crippen LogP contribution in [-0.4, -0.2) is 60.0 Å². The zero-order chi connectivity index (χ0) is 18.1. The van der Waals surface area contributed by atoms with Crippen LogP contribution < -0.4 is 0 Å². The zero-order valence-corrected chi connectivity index (χ0v) is 11.7. The molecular formula is C10H10F4N6O4. The maximum Gasteiger partial charge on any atom is 0.490 e. The maximum absolute atomic E-state index is 13.0. The van der Waals surface area contributed by atoms with Gasteiger partial charge in [-0.05, 0) is 4.92 Å². The number of rotatable bonds is 6. The van der Waals surface area contributed by atoms with Gasteiger partial charge in [0.15, 0.2) is 0 Å². The molecule has 0 saturated heterocycles. The van der Waals surface area contributed by atoms with Crippen LogP contribution in [0.5, 0.6) is 0 Å². The van der Waals surface area contributed by atoms with Gasteiger partial charge in [0, 0.05) is 17.9 Å². The number of aliphatic hydroxyl groups is 1. The molecule has 1 amide bonds. The summed E-state index contributed by atoms with van der Waals surface area (Å²) in [6.07, 6.45) is -7.54. The van der Waals surface area contributed by atoms with E-state index in [0.717, 1.165) is 11.0 Å². The van der Waals surface area contributed by atoms with E-state index in [1.54, 1.807) is 0 Å². The van der Waals surface area contributed by atoms with Crippen molar-refractivity contribution < 1.29 is 32.4 Å². The highest BCUT2D eigenvalue weighted by Gasteiger charge is 2.53. The van der Waals surface area contributed by atoms with Crippen molar-refractivity contribution in [3.8, 4) is 0 Å². The summed E-state index contributed by atoms with van der Waals surface area (Å²) in [5, 5.41) is 26.6. The molecule has 0 bridgehead atoms. The highest BCUT2D eigenvalue weighted by Crippen LogP contribution is 2.33. The van der Waals surface area contributed by atoms with Crippen LogP contribution in [0.25, 0.3) is 0 Å². The summed E-state index contributed by atoms with van der Waals surface area (Å²) in [5.41, 5.74) is -4.19. The molecule has 132 valence electrons. The number of carbonyl (C=O) groups is 1. The normalized spacial score (nSPS) is 20.8. The van der Waals surface area contributed by atoms with E-state index in [1.165, 1.54) is 0 Å². The lowest BCUT2D eigenvalue weighted by molar-refractivity contribution is -0.394. The molecule has 1 atom stereocenters. The van der Waals surface area contributed by atoms with E-state index in [4.69, 9.17) is 0 Å². The van der Waals surface area contributed by atoms with Crippen molar-refractivity contribution >= 4 is 17.6 Å². The predicted octanol–water partition coefficient (Wildman–Crippen LogP) is 0.384. The molecule has 2 heterocycles. The van der Waals surface area contributed by atoms with Crippen molar-refractivity contribution in [1.82, 2.24) is 19.8 Å². The number of alkyl halides is 4. The SMILES string of the molecule is O=C(CCn1cnc([N+](=O)[O-])n1)N1N=C(C(F)F)CC1(O)C(F)F. The monoisotopic (exact) mass is 354 g/mol. The van der Waals surface area contributed by atoms with E-state index in [0.29, 0.717) is 0 Å². The van der Waals surface area contributed by atoms with E-state index < -0.39 is 53.9 Å². The molecule has 2 rings (SSSR count). The van der Waals surface area contributed by atoms with E-state index in [-0.39, 0.29) is 11.6 Å². The molecule has 14 heteroatoms. The van der Waals surface area contributed by atoms with Crippen LogP contribution in [0.3, 0.4) is 0 Å². The number of nitro groups is 1. The average Bonchev–Trinajstić information content (AvgIpc) is 3.10. The van der Waals surface area contributed by atoms with Crippen LogP contribution in [0.2, 0.25) is 0 Å². The quantitative estimate of drug-likeness (QED) is 0.447. The van der Waals surface area contributed by atoms with Crippen LogP contribution >= 0.6 is 0 Å². The molecule has 24 heavy (non-hydrogen) atoms. The molecule has 10 nitrogen and oxygen atoms in total. The number of aryl methyl sites for hydroxylation is 1. The average molecular weight is 354 g/mol. The van der Waals surface area contributed by atoms with Crippen molar-refractivity contribution in [3.05, 3.63) is 16.4 Å². The van der Waals surface area contributed by atoms with E-state index >= 15 is 0 Å². The van der Waals surface area contributed by atoms with Gasteiger partial charge in [-0.1, -0.05) is 4.98 Å². The minimum atomic E-state index is -3.52. The topological polar surface area (TPSA) is 127 Å². The Morgan fingerprint density at radius 1 is 1.46 bits per heavy atom. The Bertz CT molecular complexity index is 680. The molecule has 1 aliphatic heterocycles. The van der Waals surface area contributed by atoms with Gasteiger partial charge in [-0.25, -0.2) is 17.6 Å². The van der Waals surface area contributed by atoms with Gasteiger partial charge in [0.25, 0.3) is 12.9 Å². The highest BCUT2D eigenvalue weighted by atomic mass is 19.3. The standard InChI is InChI=1S/C10H10F4N6O4/c11-7(12)5-3-10(22,8(13)14)19(16-5)6(21)1-2-18-4-15-9(17-18)20(23)24/h4,7-8,22H,1-3H2. The number of nitrogens with zero attached hydrogens (tertiary/aromatic N) is 6. The van der Waals surface area contributed by atoms with Crippen LogP contribution in [0.4, 0.5) is 23.5 Å². The largest absolute Gasteiger partial charge is 0.490 e. The third-order valence-electron chi connectivity index (χ3n) is 3.12. The fraction of sp³-hybridized carbons (Fsp3) is 0.600. The van der Waals surface area contributed by atoms with Gasteiger partial charge in [-0.2, -0.15) is 14.8 Å². The Kier molecular flexibility index (Phi) is 4.77. The lowest BCUT2D eigenvalue weighted by Crippen LogP contribution is -2.51. The fourth-order valence-corrected chi connectivity index (χ4v) is 1.95. The molecule has 0 aromatic carbocycles. The van der Waals surface area contributed by atoms with Gasteiger partial charge in [0.2, 0.25) is 18.0 Å². The first-order valence-corrected chi connectivity index (χ1v) is 6.38. The van der Waals surface area contributed by atoms with Crippen LogP contribution in [0.15, 0.2) is 11.4 Å². The Balaban J connectivity index is 2.09. The number of halogens is 4. The summed E-state index contributed by atoms with van der Waals surface area (Å²) in [6, 6.07) is 0. The number of hydrogen-bond donors (Lipinski definition) is 1. The lowest BCUT2D eigenvalue weighted by Gasteiger charge is -2.29. The van der Waals surface area contributed by atoms with Gasteiger partial charge in [-0.3, -0.25) is 4.79 Å². The third kappa shape index (κ3) is 3.32. The van der Waals surface area contributed by atoms with Crippen molar-refractivity contribution in [1.29, 1.82) is 0 Å². The number of hydrogen-bond acceptors (Lipinski definition) is 7. The number of hydrazone groups is 1. The molecule has 1 N–H and O–H groups in total. The summed E-state index contributed by atoms with van der Waals surface area (Å²) in [5.74, 6) is -1.91. The molecule has 0 spiro atoms. The van der Waals surface area contributed by atoms with Gasteiger partial charge >= 0.3 is 5.95 Å². The number of aromatic nitrogens is 3. The molecular weight excluding hydrogens is 344 g/mol. The van der Waals surface area contributed by atoms with Crippen molar-refractivity contribution in [2.75, 3.05) is 0 Å². The number of carbonyl (C=O) groups excluding carboxylic acids is 1. The molecule has 0 aliphatic carbocycles. The Labute approximate surface area is 130 Å². The fourth-order valence-electron chi connectivity index (χ4n) is 1.95. The van der Waals surface area contributed by atoms with Gasteiger partial charge in [0.1, 0.15) is 5.71 Å². The van der Waals surface area contributed by atoms with Crippen LogP contribution in [0.1, 0.15) is 12.8 Å². The van der Waals surface area contributed by atoms with Crippen molar-refractivity contribution in [2.24, 2.45) is 5.10 Å². The van der Waals surface area contributed by atoms with E-state index in [2.05, 4.69) is 15.2 Å². The molecule has 0 radical (unpaired) electrons. The van der Waals surface area contributed by atoms with Gasteiger partial charge < -0.3 is 15.2 Å². The number of amides is 1. The van der Waals surface area contributed by atoms with Crippen LogP contribution in [0, 0.1) is 10.1 Å². The summed E-state index contributed by atoms with van der Waals surface area (Å²) in [7, 11) is 0. The third-order valence-corrected chi connectivity index (χ3v) is 3.12. The van der Waals surface area contributed by atoms with Crippen molar-refractivity contribution in [2.45, 2.75) is 38.0 Å². The molecule has 1 aromatic rings. The van der Waals surface area contributed by atoms with Crippen LogP contribution in [-0.2, 0) is 11.3 Å². The predicted molar refractivity (Wildman–Crippen MR) is 67.1 cm³/mol. The Morgan fingerprint density at radius 2 is 2.12 bits per heavy atom. The van der Waals surface area contributed by atoms with Gasteiger partial charge in [-0.15, -0.1) is 0 Å². The maximum atomic E-state index is 13.0. The molecule has 0 saturated carbocycles. The van der Waals surface area contributed by atoms with E-state index in [9.17, 15) is 37.6 Å². The second-order valence-corrected chi connectivity index (χ2v) is 4.77. The molecule has 1 unspecified atom stereocenters. The molecule has 1 aliphatic rings. The highest BCUT2D eigenvalue weighted by molar-refractivity contribution is 5.92. The Hall–Kier alpha value is -2.64. The molecule has 0 fully saturated rings. The first-order valence-electron chi connectivity index (χ1n) is 6.38. The second-order valence-electron chi connectivity index (χ2n) is 4.77. The van der Waals surface area contributed by atoms with Gasteiger partial charge in [0.05, 0.1) is 6.54 Å². The first-order chi connectivity index (χ1) is 11.1. The minimum absolute atomic E-state index is 0.0789. The summed E-state index contributed by atoms with van der Waals surface area (Å²) in [6.45, 7) is -0.310. The summed E-state index contributed by atoms with van der Waals surface area (Å²) >= 11 is 0. The molecule has 1 aromatic heterocycles. The van der Waals surface area contributed by atoms with E-state index in [1.807, 2.05) is 0 Å². The summed E-state index contributed by atoms with van der Waals surface area (Å²) in [4.78, 5) is 24.8. The summed E-state index contributed by atoms with van der Waals surface area (Å²) < 4.78 is 52.0. The second kappa shape index (κ2) is 6.46.